The topological polar surface area (TPSA) is 39.5 Å². The lowest BCUT2D eigenvalue weighted by atomic mass is 9.51. The van der Waals surface area contributed by atoms with Crippen molar-refractivity contribution >= 4 is 0 Å². The minimum atomic E-state index is -4.37. The minimum Gasteiger partial charge on any atom is -0.493 e. The van der Waals surface area contributed by atoms with Gasteiger partial charge in [-0.15, -0.1) is 0 Å². The van der Waals surface area contributed by atoms with Gasteiger partial charge in [0.1, 0.15) is 5.69 Å². The number of benzene rings is 2. The van der Waals surface area contributed by atoms with Crippen molar-refractivity contribution in [1.82, 2.24) is 14.7 Å². The van der Waals surface area contributed by atoms with E-state index >= 15 is 0 Å². The number of likely N-dealkylation sites (tertiary alicyclic amines) is 1. The Hall–Kier alpha value is -3.00. The maximum absolute atomic E-state index is 13.1. The zero-order valence-electron chi connectivity index (χ0n) is 19.8. The van der Waals surface area contributed by atoms with Crippen LogP contribution in [0, 0.1) is 12.8 Å². The lowest BCUT2D eigenvalue weighted by Crippen LogP contribution is -2.62. The van der Waals surface area contributed by atoms with Gasteiger partial charge in [-0.2, -0.15) is 18.3 Å². The number of aromatic nitrogens is 2. The molecule has 4 aliphatic rings. The summed E-state index contributed by atoms with van der Waals surface area (Å²) in [6.07, 6.45) is -1.75. The molecule has 0 saturated carbocycles. The first kappa shape index (κ1) is 21.3. The Labute approximate surface area is 201 Å². The third-order valence-corrected chi connectivity index (χ3v) is 8.98. The number of piperidine rings is 1. The number of methoxy groups -OCH3 is 1. The van der Waals surface area contributed by atoms with Gasteiger partial charge >= 0.3 is 6.18 Å². The lowest BCUT2D eigenvalue weighted by molar-refractivity contribution is -0.137. The average Bonchev–Trinajstić information content (AvgIpc) is 3.35. The van der Waals surface area contributed by atoms with Crippen LogP contribution in [0.25, 0.3) is 5.69 Å². The van der Waals surface area contributed by atoms with Gasteiger partial charge in [-0.25, -0.2) is 4.68 Å². The summed E-state index contributed by atoms with van der Waals surface area (Å²) in [5.74, 6) is 1.98. The third kappa shape index (κ3) is 2.61. The minimum absolute atomic E-state index is 0.159. The molecule has 0 N–H and O–H groups in total. The Morgan fingerprint density at radius 2 is 1.89 bits per heavy atom. The SMILES string of the molecule is COc1ccc2c3c1O[C@H]1c4nn(-c5ccc(C(F)(F)F)cc5)c(C)c4C[C@H]4[C@H](C2)N(C)CC[C@]314. The first-order chi connectivity index (χ1) is 16.7. The molecule has 1 aromatic heterocycles. The maximum Gasteiger partial charge on any atom is 0.416 e. The van der Waals surface area contributed by atoms with Crippen molar-refractivity contribution in [2.24, 2.45) is 5.92 Å². The fourth-order valence-corrected chi connectivity index (χ4v) is 7.34. The van der Waals surface area contributed by atoms with Gasteiger partial charge in [-0.1, -0.05) is 6.07 Å². The lowest BCUT2D eigenvalue weighted by Gasteiger charge is -2.57. The molecule has 182 valence electrons. The van der Waals surface area contributed by atoms with Crippen molar-refractivity contribution in [3.8, 4) is 17.2 Å². The van der Waals surface area contributed by atoms with E-state index in [0.29, 0.717) is 17.6 Å². The van der Waals surface area contributed by atoms with Gasteiger partial charge in [0.15, 0.2) is 17.6 Å². The summed E-state index contributed by atoms with van der Waals surface area (Å²) in [6, 6.07) is 9.84. The second-order valence-corrected chi connectivity index (χ2v) is 10.4. The van der Waals surface area contributed by atoms with Gasteiger partial charge in [0.25, 0.3) is 0 Å². The predicted octanol–water partition coefficient (Wildman–Crippen LogP) is 5.01. The molecule has 35 heavy (non-hydrogen) atoms. The van der Waals surface area contributed by atoms with Crippen LogP contribution in [0.5, 0.6) is 11.5 Å². The molecule has 2 aromatic carbocycles. The van der Waals surface area contributed by atoms with Gasteiger partial charge < -0.3 is 14.4 Å². The van der Waals surface area contributed by atoms with E-state index in [9.17, 15) is 13.2 Å². The number of fused-ring (bicyclic) bond motifs is 2. The molecule has 1 saturated heterocycles. The second-order valence-electron chi connectivity index (χ2n) is 10.4. The molecule has 1 spiro atoms. The number of rotatable bonds is 2. The van der Waals surface area contributed by atoms with E-state index in [1.807, 2.05) is 13.0 Å². The summed E-state index contributed by atoms with van der Waals surface area (Å²) in [5, 5.41) is 5.00. The Balaban J connectivity index is 1.41. The van der Waals surface area contributed by atoms with E-state index in [2.05, 4.69) is 18.0 Å². The Bertz CT molecular complexity index is 1360. The number of alkyl halides is 3. The molecule has 2 bridgehead atoms. The molecule has 0 unspecified atom stereocenters. The highest BCUT2D eigenvalue weighted by Crippen LogP contribution is 2.67. The van der Waals surface area contributed by atoms with Crippen LogP contribution in [0.3, 0.4) is 0 Å². The number of halogens is 3. The van der Waals surface area contributed by atoms with Crippen LogP contribution in [-0.2, 0) is 24.4 Å². The van der Waals surface area contributed by atoms with Gasteiger partial charge in [0.2, 0.25) is 0 Å². The summed E-state index contributed by atoms with van der Waals surface area (Å²) in [6.45, 7) is 3.00. The molecule has 8 heteroatoms. The largest absolute Gasteiger partial charge is 0.493 e. The zero-order chi connectivity index (χ0) is 24.3. The Morgan fingerprint density at radius 1 is 1.11 bits per heavy atom. The van der Waals surface area contributed by atoms with Crippen molar-refractivity contribution < 1.29 is 22.6 Å². The number of nitrogens with zero attached hydrogens (tertiary/aromatic N) is 3. The van der Waals surface area contributed by atoms with Crippen molar-refractivity contribution in [3.05, 3.63) is 70.0 Å². The predicted molar refractivity (Wildman–Crippen MR) is 123 cm³/mol. The zero-order valence-corrected chi connectivity index (χ0v) is 19.8. The van der Waals surface area contributed by atoms with Crippen LogP contribution < -0.4 is 9.47 Å². The van der Waals surface area contributed by atoms with Crippen molar-refractivity contribution in [2.45, 2.75) is 49.9 Å². The van der Waals surface area contributed by atoms with Gasteiger partial charge in [0.05, 0.1) is 18.4 Å². The third-order valence-electron chi connectivity index (χ3n) is 8.98. The molecule has 1 fully saturated rings. The Kier molecular flexibility index (Phi) is 4.14. The van der Waals surface area contributed by atoms with Crippen LogP contribution >= 0.6 is 0 Å². The van der Waals surface area contributed by atoms with Crippen molar-refractivity contribution in [3.63, 3.8) is 0 Å². The van der Waals surface area contributed by atoms with Gasteiger partial charge in [-0.3, -0.25) is 0 Å². The fraction of sp³-hybridized carbons (Fsp3) is 0.444. The number of ether oxygens (including phenoxy) is 2. The molecule has 5 nitrogen and oxygen atoms in total. The summed E-state index contributed by atoms with van der Waals surface area (Å²) in [7, 11) is 3.89. The highest BCUT2D eigenvalue weighted by Gasteiger charge is 2.65. The normalized spacial score (nSPS) is 28.3. The monoisotopic (exact) mass is 481 g/mol. The van der Waals surface area contributed by atoms with Crippen molar-refractivity contribution in [1.29, 1.82) is 0 Å². The van der Waals surface area contributed by atoms with Crippen LogP contribution in [0.1, 0.15) is 46.2 Å². The van der Waals surface area contributed by atoms with E-state index in [0.717, 1.165) is 66.4 Å². The van der Waals surface area contributed by atoms with Gasteiger partial charge in [-0.05, 0) is 81.6 Å². The van der Waals surface area contributed by atoms with Crippen LogP contribution in [0.4, 0.5) is 13.2 Å². The molecule has 0 amide bonds. The highest BCUT2D eigenvalue weighted by atomic mass is 19.4. The number of likely N-dealkylation sites (N-methyl/N-ethyl adjacent to an activating group) is 1. The van der Waals surface area contributed by atoms with Crippen LogP contribution in [0.15, 0.2) is 36.4 Å². The first-order valence-corrected chi connectivity index (χ1v) is 12.1. The molecule has 4 atom stereocenters. The molecule has 3 aromatic rings. The van der Waals surface area contributed by atoms with Crippen molar-refractivity contribution in [2.75, 3.05) is 20.7 Å². The van der Waals surface area contributed by atoms with E-state index < -0.39 is 11.7 Å². The summed E-state index contributed by atoms with van der Waals surface area (Å²) < 4.78 is 53.6. The van der Waals surface area contributed by atoms with Crippen LogP contribution in [-0.4, -0.2) is 41.4 Å². The molecule has 2 aliphatic heterocycles. The van der Waals surface area contributed by atoms with E-state index in [-0.39, 0.29) is 11.5 Å². The van der Waals surface area contributed by atoms with E-state index in [1.165, 1.54) is 23.3 Å². The number of hydrogen-bond acceptors (Lipinski definition) is 4. The van der Waals surface area contributed by atoms with Gasteiger partial charge in [0, 0.05) is 28.3 Å². The standard InChI is InChI=1S/C27H26F3N3O2/c1-14-18-13-19-20-12-15-4-9-21(34-3)24-22(15)26(19,10-11-32(20)2)25(35-24)23(18)31-33(14)17-7-5-16(6-8-17)27(28,29)30/h4-9,19-20,25H,10-13H2,1-3H3/t19-,20-,25-,26-/m0/s1. The smallest absolute Gasteiger partial charge is 0.416 e. The van der Waals surface area contributed by atoms with E-state index in [4.69, 9.17) is 14.6 Å². The first-order valence-electron chi connectivity index (χ1n) is 12.1. The molecule has 2 aliphatic carbocycles. The summed E-state index contributed by atoms with van der Waals surface area (Å²) >= 11 is 0. The highest BCUT2D eigenvalue weighted by molar-refractivity contribution is 5.63. The molecular weight excluding hydrogens is 455 g/mol. The Morgan fingerprint density at radius 3 is 2.60 bits per heavy atom. The second kappa shape index (κ2) is 6.81. The average molecular weight is 482 g/mol. The fourth-order valence-electron chi connectivity index (χ4n) is 7.34. The van der Waals surface area contributed by atoms with E-state index in [1.54, 1.807) is 11.8 Å². The number of hydrogen-bond donors (Lipinski definition) is 0. The molecule has 0 radical (unpaired) electrons. The summed E-state index contributed by atoms with van der Waals surface area (Å²) in [4.78, 5) is 2.48. The molecule has 3 heterocycles. The molecular formula is C27H26F3N3O2. The summed E-state index contributed by atoms with van der Waals surface area (Å²) in [5.41, 5.74) is 5.47. The molecule has 7 rings (SSSR count). The quantitative estimate of drug-likeness (QED) is 0.516. The maximum atomic E-state index is 13.1. The van der Waals surface area contributed by atoms with Crippen LogP contribution in [0.2, 0.25) is 0 Å².